The summed E-state index contributed by atoms with van der Waals surface area (Å²) in [5.41, 5.74) is 2.76. The minimum Gasteiger partial charge on any atom is -0.320 e. The zero-order valence-electron chi connectivity index (χ0n) is 8.23. The molecule has 0 saturated heterocycles. The van der Waals surface area contributed by atoms with Crippen molar-refractivity contribution in [2.75, 3.05) is 5.32 Å². The van der Waals surface area contributed by atoms with E-state index in [1.165, 1.54) is 0 Å². The Morgan fingerprint density at radius 3 is 2.50 bits per heavy atom. The average Bonchev–Trinajstić information content (AvgIpc) is 2.11. The molecule has 1 aromatic carbocycles. The molecule has 3 heteroatoms. The van der Waals surface area contributed by atoms with Crippen LogP contribution in [-0.2, 0) is 4.79 Å². The second-order valence-electron chi connectivity index (χ2n) is 3.16. The lowest BCUT2D eigenvalue weighted by Gasteiger charge is -2.05. The fourth-order valence-electron chi connectivity index (χ4n) is 1.02. The van der Waals surface area contributed by atoms with Crippen molar-refractivity contribution in [2.24, 2.45) is 0 Å². The van der Waals surface area contributed by atoms with Gasteiger partial charge in [-0.25, -0.2) is 4.39 Å². The zero-order valence-corrected chi connectivity index (χ0v) is 8.23. The fraction of sp³-hybridized carbons (Fsp3) is 0.182. The van der Waals surface area contributed by atoms with Crippen LogP contribution in [0.25, 0.3) is 0 Å². The van der Waals surface area contributed by atoms with Crippen molar-refractivity contribution in [2.45, 2.75) is 13.8 Å². The summed E-state index contributed by atoms with van der Waals surface area (Å²) in [6.07, 6.45) is 0. The van der Waals surface area contributed by atoms with Crippen molar-refractivity contribution >= 4 is 11.6 Å². The molecule has 0 unspecified atom stereocenters. The molecule has 2 nitrogen and oxygen atoms in total. The Bertz CT molecular complexity index is 385. The largest absolute Gasteiger partial charge is 0.320 e. The molecule has 0 aromatic heterocycles. The first-order chi connectivity index (χ1) is 6.50. The van der Waals surface area contributed by atoms with E-state index in [1.54, 1.807) is 12.1 Å². The molecule has 0 aliphatic heterocycles. The van der Waals surface area contributed by atoms with E-state index in [4.69, 9.17) is 0 Å². The van der Waals surface area contributed by atoms with Crippen molar-refractivity contribution < 1.29 is 9.18 Å². The second kappa shape index (κ2) is 4.05. The third-order valence-corrected chi connectivity index (χ3v) is 2.01. The maximum absolute atomic E-state index is 12.4. The molecular formula is C11H12FNO. The van der Waals surface area contributed by atoms with Gasteiger partial charge in [0.15, 0.2) is 5.83 Å². The number of carbonyl (C=O) groups excluding carboxylic acids is 1. The Labute approximate surface area is 82.4 Å². The fourth-order valence-corrected chi connectivity index (χ4v) is 1.02. The predicted octanol–water partition coefficient (Wildman–Crippen LogP) is 2.73. The summed E-state index contributed by atoms with van der Waals surface area (Å²) in [5.74, 6) is -1.78. The van der Waals surface area contributed by atoms with E-state index < -0.39 is 11.7 Å². The summed E-state index contributed by atoms with van der Waals surface area (Å²) in [5, 5.41) is 2.40. The van der Waals surface area contributed by atoms with Crippen molar-refractivity contribution in [3.8, 4) is 0 Å². The van der Waals surface area contributed by atoms with Gasteiger partial charge >= 0.3 is 0 Å². The first-order valence-electron chi connectivity index (χ1n) is 4.23. The Kier molecular flexibility index (Phi) is 3.02. The van der Waals surface area contributed by atoms with Crippen LogP contribution in [0.1, 0.15) is 11.1 Å². The Hall–Kier alpha value is -1.64. The highest BCUT2D eigenvalue weighted by molar-refractivity contribution is 6.01. The van der Waals surface area contributed by atoms with E-state index in [0.717, 1.165) is 11.1 Å². The van der Waals surface area contributed by atoms with Crippen LogP contribution in [-0.4, -0.2) is 5.91 Å². The first kappa shape index (κ1) is 10.4. The maximum atomic E-state index is 12.4. The molecule has 0 atom stereocenters. The molecule has 0 aliphatic carbocycles. The van der Waals surface area contributed by atoms with Gasteiger partial charge in [0.1, 0.15) is 0 Å². The third-order valence-electron chi connectivity index (χ3n) is 2.01. The number of nitrogens with one attached hydrogen (secondary N) is 1. The van der Waals surface area contributed by atoms with Gasteiger partial charge in [-0.3, -0.25) is 4.79 Å². The number of benzene rings is 1. The number of rotatable bonds is 2. The van der Waals surface area contributed by atoms with Gasteiger partial charge in [-0.05, 0) is 37.1 Å². The van der Waals surface area contributed by atoms with Crippen LogP contribution in [0.5, 0.6) is 0 Å². The Balaban J connectivity index is 2.83. The molecule has 1 N–H and O–H groups in total. The van der Waals surface area contributed by atoms with E-state index >= 15 is 0 Å². The van der Waals surface area contributed by atoms with Gasteiger partial charge < -0.3 is 5.32 Å². The average molecular weight is 193 g/mol. The van der Waals surface area contributed by atoms with Gasteiger partial charge in [-0.15, -0.1) is 0 Å². The van der Waals surface area contributed by atoms with Crippen molar-refractivity contribution in [1.82, 2.24) is 0 Å². The molecule has 0 heterocycles. The number of carbonyl (C=O) groups is 1. The lowest BCUT2D eigenvalue weighted by molar-refractivity contribution is -0.114. The highest BCUT2D eigenvalue weighted by Gasteiger charge is 2.05. The first-order valence-corrected chi connectivity index (χ1v) is 4.23. The normalized spacial score (nSPS) is 9.64. The van der Waals surface area contributed by atoms with Crippen molar-refractivity contribution in [3.63, 3.8) is 0 Å². The lowest BCUT2D eigenvalue weighted by Crippen LogP contribution is -2.11. The van der Waals surface area contributed by atoms with Gasteiger partial charge in [-0.2, -0.15) is 0 Å². The molecule has 0 saturated carbocycles. The minimum atomic E-state index is -0.983. The molecule has 0 aliphatic rings. The van der Waals surface area contributed by atoms with Crippen LogP contribution < -0.4 is 5.32 Å². The van der Waals surface area contributed by atoms with E-state index in [1.807, 2.05) is 19.9 Å². The molecule has 1 amide bonds. The van der Waals surface area contributed by atoms with E-state index in [-0.39, 0.29) is 0 Å². The minimum absolute atomic E-state index is 0.580. The van der Waals surface area contributed by atoms with E-state index in [9.17, 15) is 9.18 Å². The van der Waals surface area contributed by atoms with Crippen LogP contribution >= 0.6 is 0 Å². The van der Waals surface area contributed by atoms with E-state index in [2.05, 4.69) is 11.9 Å². The lowest BCUT2D eigenvalue weighted by atomic mass is 10.1. The molecule has 0 radical (unpaired) electrons. The van der Waals surface area contributed by atoms with Crippen LogP contribution in [0.4, 0.5) is 10.1 Å². The van der Waals surface area contributed by atoms with Crippen molar-refractivity contribution in [3.05, 3.63) is 41.7 Å². The summed E-state index contributed by atoms with van der Waals surface area (Å²) in [6, 6.07) is 5.38. The standard InChI is InChI=1S/C11H12FNO/c1-7-4-5-10(6-8(7)2)13-11(14)9(3)12/h4-6H,3H2,1-2H3,(H,13,14). The molecular weight excluding hydrogens is 181 g/mol. The summed E-state index contributed by atoms with van der Waals surface area (Å²) in [7, 11) is 0. The predicted molar refractivity (Wildman–Crippen MR) is 54.8 cm³/mol. The zero-order chi connectivity index (χ0) is 10.7. The number of hydrogen-bond acceptors (Lipinski definition) is 1. The number of aryl methyl sites for hydroxylation is 2. The van der Waals surface area contributed by atoms with E-state index in [0.29, 0.717) is 5.69 Å². The van der Waals surface area contributed by atoms with Gasteiger partial charge in [0.25, 0.3) is 5.91 Å². The summed E-state index contributed by atoms with van der Waals surface area (Å²) in [6.45, 7) is 6.81. The number of hydrogen-bond donors (Lipinski definition) is 1. The SMILES string of the molecule is C=C(F)C(=O)Nc1ccc(C)c(C)c1. The molecule has 0 fully saturated rings. The van der Waals surface area contributed by atoms with Gasteiger partial charge in [0, 0.05) is 5.69 Å². The second-order valence-corrected chi connectivity index (χ2v) is 3.16. The topological polar surface area (TPSA) is 29.1 Å². The number of halogens is 1. The van der Waals surface area contributed by atoms with Crippen LogP contribution in [0.15, 0.2) is 30.6 Å². The summed E-state index contributed by atoms with van der Waals surface area (Å²) >= 11 is 0. The monoisotopic (exact) mass is 193 g/mol. The molecule has 74 valence electrons. The molecule has 1 rings (SSSR count). The number of amides is 1. The molecule has 0 bridgehead atoms. The van der Waals surface area contributed by atoms with Crippen LogP contribution in [0.2, 0.25) is 0 Å². The summed E-state index contributed by atoms with van der Waals surface area (Å²) in [4.78, 5) is 10.9. The molecule has 1 aromatic rings. The smallest absolute Gasteiger partial charge is 0.283 e. The van der Waals surface area contributed by atoms with Crippen LogP contribution in [0, 0.1) is 13.8 Å². The highest BCUT2D eigenvalue weighted by Crippen LogP contribution is 2.14. The Morgan fingerprint density at radius 1 is 1.36 bits per heavy atom. The van der Waals surface area contributed by atoms with Crippen LogP contribution in [0.3, 0.4) is 0 Å². The molecule has 14 heavy (non-hydrogen) atoms. The quantitative estimate of drug-likeness (QED) is 0.719. The molecule has 0 spiro atoms. The van der Waals surface area contributed by atoms with Gasteiger partial charge in [0.2, 0.25) is 0 Å². The number of anilines is 1. The third kappa shape index (κ3) is 2.42. The van der Waals surface area contributed by atoms with Crippen molar-refractivity contribution in [1.29, 1.82) is 0 Å². The Morgan fingerprint density at radius 2 is 2.00 bits per heavy atom. The maximum Gasteiger partial charge on any atom is 0.283 e. The summed E-state index contributed by atoms with van der Waals surface area (Å²) < 4.78 is 12.4. The highest BCUT2D eigenvalue weighted by atomic mass is 19.1. The van der Waals surface area contributed by atoms with Gasteiger partial charge in [0.05, 0.1) is 0 Å². The van der Waals surface area contributed by atoms with Gasteiger partial charge in [-0.1, -0.05) is 12.6 Å².